The minimum atomic E-state index is -5.84. The van der Waals surface area contributed by atoms with Crippen molar-refractivity contribution in [3.05, 3.63) is 0 Å². The second-order valence-electron chi connectivity index (χ2n) is 4.10. The molecule has 0 atom stereocenters. The number of amides is 1. The molecule has 0 bridgehead atoms. The van der Waals surface area contributed by atoms with Gasteiger partial charge in [-0.3, -0.25) is 4.79 Å². The van der Waals surface area contributed by atoms with Gasteiger partial charge >= 0.3 is 18.0 Å². The van der Waals surface area contributed by atoms with Gasteiger partial charge in [-0.15, -0.1) is 0 Å². The largest absolute Gasteiger partial charge is 0.463 e. The van der Waals surface area contributed by atoms with Crippen LogP contribution in [0.1, 0.15) is 33.6 Å². The van der Waals surface area contributed by atoms with Gasteiger partial charge in [-0.1, -0.05) is 26.7 Å². The van der Waals surface area contributed by atoms with Crippen LogP contribution in [0.15, 0.2) is 0 Å². The zero-order valence-electron chi connectivity index (χ0n) is 10.7. The Labute approximate surface area is 103 Å². The molecule has 0 aromatic heterocycles. The Kier molecular flexibility index (Phi) is 6.02. The Morgan fingerprint density at radius 1 is 1.06 bits per heavy atom. The summed E-state index contributed by atoms with van der Waals surface area (Å²) in [4.78, 5) is 11.8. The molecule has 0 saturated heterocycles. The molecule has 0 fully saturated rings. The highest BCUT2D eigenvalue weighted by atomic mass is 19.4. The van der Waals surface area contributed by atoms with E-state index in [0.29, 0.717) is 17.7 Å². The average Bonchev–Trinajstić information content (AvgIpc) is 2.28. The first kappa shape index (κ1) is 17.1. The van der Waals surface area contributed by atoms with Gasteiger partial charge in [0, 0.05) is 13.1 Å². The Hall–Kier alpha value is -0.880. The zero-order chi connectivity index (χ0) is 14.6. The van der Waals surface area contributed by atoms with E-state index in [1.807, 2.05) is 0 Å². The normalized spacial score (nSPS) is 12.9. The van der Waals surface area contributed by atoms with Gasteiger partial charge in [-0.25, -0.2) is 0 Å². The SMILES string of the molecule is CCC(CC)CN(CC)C(=O)C(F)(F)C(F)(F)F. The highest BCUT2D eigenvalue weighted by Gasteiger charge is 2.64. The predicted octanol–water partition coefficient (Wildman–Crippen LogP) is 3.47. The third-order valence-electron chi connectivity index (χ3n) is 2.93. The van der Waals surface area contributed by atoms with Crippen LogP contribution >= 0.6 is 0 Å². The van der Waals surface area contributed by atoms with Crippen LogP contribution in [-0.4, -0.2) is 36.0 Å². The van der Waals surface area contributed by atoms with Crippen LogP contribution < -0.4 is 0 Å². The summed E-state index contributed by atoms with van der Waals surface area (Å²) < 4.78 is 62.1. The van der Waals surface area contributed by atoms with Crippen molar-refractivity contribution in [3.8, 4) is 0 Å². The number of rotatable bonds is 6. The summed E-state index contributed by atoms with van der Waals surface area (Å²) in [6, 6.07) is 0. The Balaban J connectivity index is 4.92. The lowest BCUT2D eigenvalue weighted by Gasteiger charge is -2.29. The summed E-state index contributed by atoms with van der Waals surface area (Å²) >= 11 is 0. The van der Waals surface area contributed by atoms with Gasteiger partial charge in [0.1, 0.15) is 0 Å². The van der Waals surface area contributed by atoms with Crippen LogP contribution in [-0.2, 0) is 4.79 Å². The number of carbonyl (C=O) groups excluding carboxylic acids is 1. The molecule has 0 aliphatic rings. The van der Waals surface area contributed by atoms with E-state index >= 15 is 0 Å². The molecule has 1 amide bonds. The fourth-order valence-electron chi connectivity index (χ4n) is 1.53. The first-order valence-electron chi connectivity index (χ1n) is 5.85. The fraction of sp³-hybridized carbons (Fsp3) is 0.909. The van der Waals surface area contributed by atoms with Crippen molar-refractivity contribution >= 4 is 5.91 Å². The van der Waals surface area contributed by atoms with Gasteiger partial charge in [-0.05, 0) is 12.8 Å². The van der Waals surface area contributed by atoms with Gasteiger partial charge in [0.25, 0.3) is 0 Å². The monoisotopic (exact) mass is 275 g/mol. The molecule has 0 aromatic carbocycles. The smallest absolute Gasteiger partial charge is 0.337 e. The summed E-state index contributed by atoms with van der Waals surface area (Å²) in [6.45, 7) is 4.74. The maximum absolute atomic E-state index is 12.9. The minimum absolute atomic E-state index is 0.0714. The van der Waals surface area contributed by atoms with Crippen LogP contribution in [0.4, 0.5) is 22.0 Å². The van der Waals surface area contributed by atoms with Crippen molar-refractivity contribution < 1.29 is 26.7 Å². The summed E-state index contributed by atoms with van der Waals surface area (Å²) in [5, 5.41) is 0. The van der Waals surface area contributed by atoms with E-state index < -0.39 is 18.0 Å². The van der Waals surface area contributed by atoms with E-state index in [1.54, 1.807) is 13.8 Å². The summed E-state index contributed by atoms with van der Waals surface area (Å²) in [5.41, 5.74) is 0. The summed E-state index contributed by atoms with van der Waals surface area (Å²) in [5.74, 6) is -7.54. The van der Waals surface area contributed by atoms with E-state index in [4.69, 9.17) is 0 Å². The number of nitrogens with zero attached hydrogens (tertiary/aromatic N) is 1. The summed E-state index contributed by atoms with van der Waals surface area (Å²) in [7, 11) is 0. The van der Waals surface area contributed by atoms with Gasteiger partial charge < -0.3 is 4.90 Å². The molecule has 2 nitrogen and oxygen atoms in total. The number of hydrogen-bond donors (Lipinski definition) is 0. The minimum Gasteiger partial charge on any atom is -0.337 e. The predicted molar refractivity (Wildman–Crippen MR) is 57.3 cm³/mol. The van der Waals surface area contributed by atoms with Crippen LogP contribution in [0.25, 0.3) is 0 Å². The van der Waals surface area contributed by atoms with Crippen LogP contribution in [0.2, 0.25) is 0 Å². The number of alkyl halides is 5. The van der Waals surface area contributed by atoms with Crippen LogP contribution in [0, 0.1) is 5.92 Å². The van der Waals surface area contributed by atoms with E-state index in [9.17, 15) is 26.7 Å². The Bertz CT molecular complexity index is 273. The van der Waals surface area contributed by atoms with E-state index in [2.05, 4.69) is 0 Å². The molecule has 7 heteroatoms. The lowest BCUT2D eigenvalue weighted by molar-refractivity contribution is -0.274. The maximum Gasteiger partial charge on any atom is 0.463 e. The van der Waals surface area contributed by atoms with Crippen molar-refractivity contribution in [3.63, 3.8) is 0 Å². The Morgan fingerprint density at radius 2 is 1.50 bits per heavy atom. The lowest BCUT2D eigenvalue weighted by Crippen LogP contribution is -2.53. The molecule has 0 unspecified atom stereocenters. The third kappa shape index (κ3) is 3.81. The number of carbonyl (C=O) groups is 1. The van der Waals surface area contributed by atoms with Crippen molar-refractivity contribution in [2.45, 2.75) is 45.7 Å². The number of hydrogen-bond acceptors (Lipinski definition) is 1. The molecule has 108 valence electrons. The maximum atomic E-state index is 12.9. The molecular weight excluding hydrogens is 257 g/mol. The fourth-order valence-corrected chi connectivity index (χ4v) is 1.53. The van der Waals surface area contributed by atoms with Crippen LogP contribution in [0.3, 0.4) is 0 Å². The van der Waals surface area contributed by atoms with Crippen molar-refractivity contribution in [2.75, 3.05) is 13.1 Å². The molecule has 0 radical (unpaired) electrons. The molecule has 0 aromatic rings. The molecule has 0 aliphatic heterocycles. The third-order valence-corrected chi connectivity index (χ3v) is 2.93. The van der Waals surface area contributed by atoms with Crippen molar-refractivity contribution in [1.29, 1.82) is 0 Å². The van der Waals surface area contributed by atoms with Gasteiger partial charge in [-0.2, -0.15) is 22.0 Å². The second-order valence-corrected chi connectivity index (χ2v) is 4.10. The Morgan fingerprint density at radius 3 is 1.78 bits per heavy atom. The standard InChI is InChI=1S/C11H18F5NO/c1-4-8(5-2)7-17(6-3)9(18)10(12,13)11(14,15)16/h8H,4-7H2,1-3H3. The second kappa shape index (κ2) is 6.33. The van der Waals surface area contributed by atoms with Crippen LogP contribution in [0.5, 0.6) is 0 Å². The molecule has 0 spiro atoms. The van der Waals surface area contributed by atoms with Crippen molar-refractivity contribution in [2.24, 2.45) is 5.92 Å². The molecule has 0 aliphatic carbocycles. The van der Waals surface area contributed by atoms with E-state index in [-0.39, 0.29) is 19.0 Å². The lowest BCUT2D eigenvalue weighted by atomic mass is 10.0. The highest BCUT2D eigenvalue weighted by molar-refractivity contribution is 5.84. The highest BCUT2D eigenvalue weighted by Crippen LogP contribution is 2.37. The van der Waals surface area contributed by atoms with Gasteiger partial charge in [0.15, 0.2) is 0 Å². The number of halogens is 5. The van der Waals surface area contributed by atoms with Gasteiger partial charge in [0.2, 0.25) is 0 Å². The molecule has 0 N–H and O–H groups in total. The first-order valence-corrected chi connectivity index (χ1v) is 5.85. The van der Waals surface area contributed by atoms with E-state index in [0.717, 1.165) is 0 Å². The first-order chi connectivity index (χ1) is 8.11. The topological polar surface area (TPSA) is 20.3 Å². The molecule has 0 saturated carbocycles. The molecule has 0 heterocycles. The average molecular weight is 275 g/mol. The molecule has 18 heavy (non-hydrogen) atoms. The van der Waals surface area contributed by atoms with Crippen molar-refractivity contribution in [1.82, 2.24) is 4.90 Å². The molecule has 0 rings (SSSR count). The zero-order valence-corrected chi connectivity index (χ0v) is 10.7. The quantitative estimate of drug-likeness (QED) is 0.680. The van der Waals surface area contributed by atoms with E-state index in [1.165, 1.54) is 6.92 Å². The molecular formula is C11H18F5NO. The van der Waals surface area contributed by atoms with Gasteiger partial charge in [0.05, 0.1) is 0 Å². The summed E-state index contributed by atoms with van der Waals surface area (Å²) in [6.07, 6.45) is -4.60.